The molecule has 2 aromatic carbocycles. The van der Waals surface area contributed by atoms with Crippen molar-refractivity contribution in [3.63, 3.8) is 0 Å². The molecule has 3 aromatic rings. The highest BCUT2D eigenvalue weighted by atomic mass is 32.2. The van der Waals surface area contributed by atoms with Gasteiger partial charge in [-0.1, -0.05) is 44.2 Å². The topological polar surface area (TPSA) is 74.3 Å². The number of hydrogen-bond acceptors (Lipinski definition) is 5. The zero-order valence-electron chi connectivity index (χ0n) is 19.9. The standard InChI is InChI=1S/C27H34N4O2S/c1-3-19-31(4-2)20-7-16-29-34(32,33)27-11-6-10-26(22-27)30-25-9-5-8-24(21-25)13-12-23-14-17-28-18-15-23/h5-6,8-15,17-18,21-22,29-30H,3-4,7,16,19-20H2,1-2H3/b13-12+. The van der Waals surface area contributed by atoms with Crippen LogP contribution < -0.4 is 10.0 Å². The van der Waals surface area contributed by atoms with Crippen LogP contribution in [-0.4, -0.2) is 44.5 Å². The molecule has 0 amide bonds. The Labute approximate surface area is 203 Å². The minimum Gasteiger partial charge on any atom is -0.355 e. The van der Waals surface area contributed by atoms with E-state index in [0.29, 0.717) is 6.54 Å². The maximum atomic E-state index is 12.8. The van der Waals surface area contributed by atoms with Crippen molar-refractivity contribution in [1.82, 2.24) is 14.6 Å². The molecule has 2 N–H and O–H groups in total. The smallest absolute Gasteiger partial charge is 0.240 e. The molecule has 1 heterocycles. The second kappa shape index (κ2) is 13.0. The predicted molar refractivity (Wildman–Crippen MR) is 142 cm³/mol. The predicted octanol–water partition coefficient (Wildman–Crippen LogP) is 5.40. The number of hydrogen-bond donors (Lipinski definition) is 2. The van der Waals surface area contributed by atoms with Gasteiger partial charge in [0.25, 0.3) is 0 Å². The van der Waals surface area contributed by atoms with E-state index in [1.54, 1.807) is 30.6 Å². The first kappa shape index (κ1) is 25.6. The molecule has 1 aromatic heterocycles. The van der Waals surface area contributed by atoms with E-state index >= 15 is 0 Å². The number of aromatic nitrogens is 1. The van der Waals surface area contributed by atoms with E-state index in [0.717, 1.165) is 55.0 Å². The number of benzene rings is 2. The highest BCUT2D eigenvalue weighted by molar-refractivity contribution is 7.89. The highest BCUT2D eigenvalue weighted by Gasteiger charge is 2.14. The first-order valence-corrected chi connectivity index (χ1v) is 13.3. The fraction of sp³-hybridized carbons (Fsp3) is 0.296. The van der Waals surface area contributed by atoms with Gasteiger partial charge in [-0.2, -0.15) is 0 Å². The summed E-state index contributed by atoms with van der Waals surface area (Å²) in [5.41, 5.74) is 3.72. The molecule has 0 bridgehead atoms. The van der Waals surface area contributed by atoms with Crippen LogP contribution in [-0.2, 0) is 10.0 Å². The third-order valence-corrected chi connectivity index (χ3v) is 6.88. The average Bonchev–Trinajstić information content (AvgIpc) is 2.86. The summed E-state index contributed by atoms with van der Waals surface area (Å²) < 4.78 is 28.3. The quantitative estimate of drug-likeness (QED) is 0.322. The SMILES string of the molecule is CCCN(CC)CCCNS(=O)(=O)c1cccc(Nc2cccc(/C=C/c3ccncc3)c2)c1. The molecule has 0 saturated heterocycles. The fourth-order valence-electron chi connectivity index (χ4n) is 3.63. The Balaban J connectivity index is 1.61. The van der Waals surface area contributed by atoms with Crippen LogP contribution in [0, 0.1) is 0 Å². The van der Waals surface area contributed by atoms with Crippen molar-refractivity contribution in [2.24, 2.45) is 0 Å². The molecule has 0 spiro atoms. The summed E-state index contributed by atoms with van der Waals surface area (Å²) >= 11 is 0. The van der Waals surface area contributed by atoms with Gasteiger partial charge in [0.2, 0.25) is 10.0 Å². The molecule has 0 aliphatic carbocycles. The molecule has 7 heteroatoms. The van der Waals surface area contributed by atoms with Gasteiger partial charge in [-0.25, -0.2) is 13.1 Å². The molecule has 0 fully saturated rings. The van der Waals surface area contributed by atoms with Crippen LogP contribution in [0.5, 0.6) is 0 Å². The molecule has 6 nitrogen and oxygen atoms in total. The minimum atomic E-state index is -3.56. The summed E-state index contributed by atoms with van der Waals surface area (Å²) in [4.78, 5) is 6.62. The van der Waals surface area contributed by atoms with Gasteiger partial charge in [0.15, 0.2) is 0 Å². The summed E-state index contributed by atoms with van der Waals surface area (Å²) in [5.74, 6) is 0. The van der Waals surface area contributed by atoms with Crippen LogP contribution in [0.4, 0.5) is 11.4 Å². The average molecular weight is 479 g/mol. The van der Waals surface area contributed by atoms with Gasteiger partial charge in [0.1, 0.15) is 0 Å². The molecule has 0 aliphatic heterocycles. The van der Waals surface area contributed by atoms with Crippen LogP contribution in [0.3, 0.4) is 0 Å². The first-order valence-electron chi connectivity index (χ1n) is 11.8. The van der Waals surface area contributed by atoms with Crippen LogP contribution in [0.25, 0.3) is 12.2 Å². The second-order valence-corrected chi connectivity index (χ2v) is 9.84. The fourth-order valence-corrected chi connectivity index (χ4v) is 4.75. The van der Waals surface area contributed by atoms with Crippen molar-refractivity contribution in [2.45, 2.75) is 31.6 Å². The van der Waals surface area contributed by atoms with Gasteiger partial charge < -0.3 is 10.2 Å². The zero-order chi connectivity index (χ0) is 24.2. The number of pyridine rings is 1. The molecule has 180 valence electrons. The van der Waals surface area contributed by atoms with Crippen molar-refractivity contribution >= 4 is 33.6 Å². The number of anilines is 2. The van der Waals surface area contributed by atoms with Gasteiger partial charge in [0.05, 0.1) is 4.90 Å². The zero-order valence-corrected chi connectivity index (χ0v) is 20.8. The van der Waals surface area contributed by atoms with E-state index in [9.17, 15) is 8.42 Å². The number of rotatable bonds is 13. The van der Waals surface area contributed by atoms with Crippen LogP contribution in [0.15, 0.2) is 78.0 Å². The molecule has 34 heavy (non-hydrogen) atoms. The van der Waals surface area contributed by atoms with Crippen LogP contribution in [0.2, 0.25) is 0 Å². The largest absolute Gasteiger partial charge is 0.355 e. The van der Waals surface area contributed by atoms with Crippen molar-refractivity contribution in [1.29, 1.82) is 0 Å². The Morgan fingerprint density at radius 2 is 1.59 bits per heavy atom. The highest BCUT2D eigenvalue weighted by Crippen LogP contribution is 2.22. The molecule has 0 unspecified atom stereocenters. The lowest BCUT2D eigenvalue weighted by molar-refractivity contribution is 0.285. The molecular weight excluding hydrogens is 444 g/mol. The van der Waals surface area contributed by atoms with Gasteiger partial charge >= 0.3 is 0 Å². The Kier molecular flexibility index (Phi) is 9.82. The van der Waals surface area contributed by atoms with Crippen LogP contribution >= 0.6 is 0 Å². The molecular formula is C27H34N4O2S. The molecule has 0 atom stereocenters. The van der Waals surface area contributed by atoms with Crippen LogP contribution in [0.1, 0.15) is 37.8 Å². The van der Waals surface area contributed by atoms with E-state index in [4.69, 9.17) is 0 Å². The maximum Gasteiger partial charge on any atom is 0.240 e. The number of sulfonamides is 1. The lowest BCUT2D eigenvalue weighted by atomic mass is 10.1. The normalized spacial score (nSPS) is 11.9. The van der Waals surface area contributed by atoms with Crippen molar-refractivity contribution in [3.05, 3.63) is 84.2 Å². The number of nitrogens with one attached hydrogen (secondary N) is 2. The lowest BCUT2D eigenvalue weighted by Crippen LogP contribution is -2.30. The number of nitrogens with zero attached hydrogens (tertiary/aromatic N) is 2. The molecule has 3 rings (SSSR count). The van der Waals surface area contributed by atoms with E-state index in [-0.39, 0.29) is 4.90 Å². The minimum absolute atomic E-state index is 0.257. The van der Waals surface area contributed by atoms with Crippen molar-refractivity contribution in [3.8, 4) is 0 Å². The third-order valence-electron chi connectivity index (χ3n) is 5.42. The summed E-state index contributed by atoms with van der Waals surface area (Å²) in [7, 11) is -3.56. The maximum absolute atomic E-state index is 12.8. The van der Waals surface area contributed by atoms with E-state index < -0.39 is 10.0 Å². The van der Waals surface area contributed by atoms with Gasteiger partial charge in [0, 0.05) is 30.3 Å². The molecule has 0 saturated carbocycles. The Morgan fingerprint density at radius 3 is 2.32 bits per heavy atom. The van der Waals surface area contributed by atoms with E-state index in [2.05, 4.69) is 33.8 Å². The second-order valence-electron chi connectivity index (χ2n) is 8.08. The van der Waals surface area contributed by atoms with Gasteiger partial charge in [-0.3, -0.25) is 4.98 Å². The Hall–Kier alpha value is -3.00. The first-order chi connectivity index (χ1) is 16.5. The third kappa shape index (κ3) is 8.09. The van der Waals surface area contributed by atoms with Crippen molar-refractivity contribution in [2.75, 3.05) is 31.5 Å². The molecule has 0 radical (unpaired) electrons. The monoisotopic (exact) mass is 478 g/mol. The summed E-state index contributed by atoms with van der Waals surface area (Å²) in [6.07, 6.45) is 9.47. The molecule has 0 aliphatic rings. The Morgan fingerprint density at radius 1 is 0.882 bits per heavy atom. The van der Waals surface area contributed by atoms with E-state index in [1.807, 2.05) is 54.6 Å². The summed E-state index contributed by atoms with van der Waals surface area (Å²) in [6.45, 7) is 7.62. The summed E-state index contributed by atoms with van der Waals surface area (Å²) in [6, 6.07) is 18.8. The van der Waals surface area contributed by atoms with E-state index in [1.165, 1.54) is 0 Å². The Bertz CT molecular complexity index is 1160. The summed E-state index contributed by atoms with van der Waals surface area (Å²) in [5, 5.41) is 3.32. The van der Waals surface area contributed by atoms with Crippen molar-refractivity contribution < 1.29 is 8.42 Å². The lowest BCUT2D eigenvalue weighted by Gasteiger charge is -2.19. The van der Waals surface area contributed by atoms with Gasteiger partial charge in [-0.05, 0) is 86.1 Å². The van der Waals surface area contributed by atoms with Gasteiger partial charge in [-0.15, -0.1) is 0 Å².